The van der Waals surface area contributed by atoms with Gasteiger partial charge in [-0.25, -0.2) is 4.79 Å². The summed E-state index contributed by atoms with van der Waals surface area (Å²) < 4.78 is 4.69. The van der Waals surface area contributed by atoms with Crippen LogP contribution >= 0.6 is 11.6 Å². The van der Waals surface area contributed by atoms with Gasteiger partial charge in [-0.2, -0.15) is 0 Å². The second kappa shape index (κ2) is 9.77. The molecule has 0 heterocycles. The molecule has 0 saturated carbocycles. The van der Waals surface area contributed by atoms with E-state index in [1.54, 1.807) is 31.2 Å². The van der Waals surface area contributed by atoms with Crippen molar-refractivity contribution in [3.05, 3.63) is 29.3 Å². The summed E-state index contributed by atoms with van der Waals surface area (Å²) in [6.45, 7) is 3.80. The summed E-state index contributed by atoms with van der Waals surface area (Å²) in [7, 11) is 1.30. The van der Waals surface area contributed by atoms with Crippen molar-refractivity contribution in [3.63, 3.8) is 0 Å². The van der Waals surface area contributed by atoms with Gasteiger partial charge in [0.2, 0.25) is 5.91 Å². The van der Waals surface area contributed by atoms with Crippen LogP contribution in [0.3, 0.4) is 0 Å². The third-order valence-corrected chi connectivity index (χ3v) is 3.49. The van der Waals surface area contributed by atoms with E-state index in [2.05, 4.69) is 15.4 Å². The SMILES string of the molecule is COC(=O)C(C)CN(CCNC(C)=O)C(=O)Nc1ccc(Cl)cc1. The van der Waals surface area contributed by atoms with Crippen LogP contribution in [0, 0.1) is 5.92 Å². The fraction of sp³-hybridized carbons (Fsp3) is 0.438. The molecule has 3 amide bonds. The molecule has 1 unspecified atom stereocenters. The first-order valence-corrected chi connectivity index (χ1v) is 7.85. The van der Waals surface area contributed by atoms with E-state index in [4.69, 9.17) is 11.6 Å². The number of methoxy groups -OCH3 is 1. The van der Waals surface area contributed by atoms with Gasteiger partial charge < -0.3 is 20.3 Å². The molecule has 132 valence electrons. The first-order valence-electron chi connectivity index (χ1n) is 7.47. The molecule has 0 saturated heterocycles. The van der Waals surface area contributed by atoms with E-state index in [1.165, 1.54) is 18.9 Å². The molecule has 7 nitrogen and oxygen atoms in total. The Balaban J connectivity index is 2.73. The van der Waals surface area contributed by atoms with Crippen molar-refractivity contribution in [3.8, 4) is 0 Å². The van der Waals surface area contributed by atoms with Crippen molar-refractivity contribution >= 4 is 35.2 Å². The summed E-state index contributed by atoms with van der Waals surface area (Å²) in [6.07, 6.45) is 0. The predicted octanol–water partition coefficient (Wildman–Crippen LogP) is 2.12. The van der Waals surface area contributed by atoms with E-state index in [0.717, 1.165) is 0 Å². The summed E-state index contributed by atoms with van der Waals surface area (Å²) in [5.41, 5.74) is 0.583. The maximum Gasteiger partial charge on any atom is 0.321 e. The Kier molecular flexibility index (Phi) is 8.05. The third kappa shape index (κ3) is 6.87. The van der Waals surface area contributed by atoms with Gasteiger partial charge in [-0.15, -0.1) is 0 Å². The standard InChI is InChI=1S/C16H22ClN3O4/c1-11(15(22)24-3)10-20(9-8-18-12(2)21)16(23)19-14-6-4-13(17)5-7-14/h4-7,11H,8-10H2,1-3H3,(H,18,21)(H,19,23). The number of carbonyl (C=O) groups is 3. The Morgan fingerprint density at radius 2 is 1.88 bits per heavy atom. The van der Waals surface area contributed by atoms with Crippen molar-refractivity contribution in [1.82, 2.24) is 10.2 Å². The summed E-state index contributed by atoms with van der Waals surface area (Å²) in [5.74, 6) is -1.07. The number of nitrogens with one attached hydrogen (secondary N) is 2. The van der Waals surface area contributed by atoms with Crippen LogP contribution < -0.4 is 10.6 Å². The van der Waals surface area contributed by atoms with Gasteiger partial charge in [0, 0.05) is 37.3 Å². The topological polar surface area (TPSA) is 87.7 Å². The van der Waals surface area contributed by atoms with Crippen molar-refractivity contribution in [2.75, 3.05) is 32.1 Å². The van der Waals surface area contributed by atoms with Crippen LogP contribution in [-0.2, 0) is 14.3 Å². The zero-order valence-electron chi connectivity index (χ0n) is 14.0. The minimum Gasteiger partial charge on any atom is -0.469 e. The second-order valence-corrected chi connectivity index (χ2v) is 5.73. The maximum atomic E-state index is 12.4. The number of hydrogen-bond donors (Lipinski definition) is 2. The highest BCUT2D eigenvalue weighted by atomic mass is 35.5. The molecule has 2 N–H and O–H groups in total. The normalized spacial score (nSPS) is 11.3. The lowest BCUT2D eigenvalue weighted by Gasteiger charge is -2.25. The van der Waals surface area contributed by atoms with Crippen LogP contribution in [0.25, 0.3) is 0 Å². The Morgan fingerprint density at radius 1 is 1.25 bits per heavy atom. The van der Waals surface area contributed by atoms with Gasteiger partial charge in [-0.1, -0.05) is 18.5 Å². The van der Waals surface area contributed by atoms with Gasteiger partial charge >= 0.3 is 12.0 Å². The van der Waals surface area contributed by atoms with E-state index >= 15 is 0 Å². The van der Waals surface area contributed by atoms with E-state index in [-0.39, 0.29) is 31.6 Å². The Morgan fingerprint density at radius 3 is 2.42 bits per heavy atom. The number of benzene rings is 1. The molecule has 1 aromatic carbocycles. The molecule has 1 aromatic rings. The van der Waals surface area contributed by atoms with Gasteiger partial charge in [-0.3, -0.25) is 9.59 Å². The lowest BCUT2D eigenvalue weighted by Crippen LogP contribution is -2.43. The molecule has 0 fully saturated rings. The molecule has 0 aliphatic heterocycles. The molecule has 1 rings (SSSR count). The van der Waals surface area contributed by atoms with Crippen LogP contribution in [0.4, 0.5) is 10.5 Å². The van der Waals surface area contributed by atoms with Gasteiger partial charge in [0.15, 0.2) is 0 Å². The molecular weight excluding hydrogens is 334 g/mol. The fourth-order valence-electron chi connectivity index (χ4n) is 1.98. The van der Waals surface area contributed by atoms with Crippen molar-refractivity contribution < 1.29 is 19.1 Å². The number of carbonyl (C=O) groups excluding carboxylic acids is 3. The Labute approximate surface area is 146 Å². The van der Waals surface area contributed by atoms with Crippen LogP contribution in [0.5, 0.6) is 0 Å². The smallest absolute Gasteiger partial charge is 0.321 e. The monoisotopic (exact) mass is 355 g/mol. The minimum atomic E-state index is -0.483. The average molecular weight is 356 g/mol. The highest BCUT2D eigenvalue weighted by Gasteiger charge is 2.21. The van der Waals surface area contributed by atoms with E-state index in [0.29, 0.717) is 10.7 Å². The highest BCUT2D eigenvalue weighted by molar-refractivity contribution is 6.30. The fourth-order valence-corrected chi connectivity index (χ4v) is 2.11. The van der Waals surface area contributed by atoms with Crippen LogP contribution in [-0.4, -0.2) is 49.6 Å². The van der Waals surface area contributed by atoms with Crippen LogP contribution in [0.15, 0.2) is 24.3 Å². The van der Waals surface area contributed by atoms with Crippen molar-refractivity contribution in [1.29, 1.82) is 0 Å². The molecule has 8 heteroatoms. The number of anilines is 1. The molecule has 1 atom stereocenters. The molecule has 0 spiro atoms. The average Bonchev–Trinajstić information content (AvgIpc) is 2.54. The summed E-state index contributed by atoms with van der Waals surface area (Å²) in [6, 6.07) is 6.30. The molecule has 0 aliphatic carbocycles. The number of halogens is 1. The number of ether oxygens (including phenoxy) is 1. The minimum absolute atomic E-state index is 0.172. The first-order chi connectivity index (χ1) is 11.3. The molecule has 0 aromatic heterocycles. The quantitative estimate of drug-likeness (QED) is 0.733. The van der Waals surface area contributed by atoms with Gasteiger partial charge in [0.25, 0.3) is 0 Å². The number of hydrogen-bond acceptors (Lipinski definition) is 4. The molecule has 0 bridgehead atoms. The zero-order chi connectivity index (χ0) is 18.1. The lowest BCUT2D eigenvalue weighted by molar-refractivity contribution is -0.145. The Bertz CT molecular complexity index is 577. The maximum absolute atomic E-state index is 12.4. The molecule has 0 radical (unpaired) electrons. The van der Waals surface area contributed by atoms with Crippen molar-refractivity contribution in [2.45, 2.75) is 13.8 Å². The number of rotatable bonds is 7. The Hall–Kier alpha value is -2.28. The van der Waals surface area contributed by atoms with E-state index < -0.39 is 11.9 Å². The van der Waals surface area contributed by atoms with Crippen LogP contribution in [0.2, 0.25) is 5.02 Å². The van der Waals surface area contributed by atoms with Crippen molar-refractivity contribution in [2.24, 2.45) is 5.92 Å². The van der Waals surface area contributed by atoms with Gasteiger partial charge in [0.1, 0.15) is 0 Å². The summed E-state index contributed by atoms with van der Waals surface area (Å²) in [5, 5.41) is 5.92. The first kappa shape index (κ1) is 19.8. The molecule has 0 aliphatic rings. The number of esters is 1. The third-order valence-electron chi connectivity index (χ3n) is 3.24. The van der Waals surface area contributed by atoms with Gasteiger partial charge in [0.05, 0.1) is 13.0 Å². The molecular formula is C16H22ClN3O4. The second-order valence-electron chi connectivity index (χ2n) is 5.29. The largest absolute Gasteiger partial charge is 0.469 e. The zero-order valence-corrected chi connectivity index (χ0v) is 14.7. The number of amides is 3. The molecule has 24 heavy (non-hydrogen) atoms. The highest BCUT2D eigenvalue weighted by Crippen LogP contribution is 2.14. The summed E-state index contributed by atoms with van der Waals surface area (Å²) >= 11 is 5.81. The lowest BCUT2D eigenvalue weighted by atomic mass is 10.1. The predicted molar refractivity (Wildman–Crippen MR) is 91.9 cm³/mol. The van der Waals surface area contributed by atoms with E-state index in [1.807, 2.05) is 0 Å². The van der Waals surface area contributed by atoms with E-state index in [9.17, 15) is 14.4 Å². The number of urea groups is 1. The summed E-state index contributed by atoms with van der Waals surface area (Å²) in [4.78, 5) is 36.4. The van der Waals surface area contributed by atoms with Crippen LogP contribution in [0.1, 0.15) is 13.8 Å². The number of nitrogens with zero attached hydrogens (tertiary/aromatic N) is 1. The van der Waals surface area contributed by atoms with Gasteiger partial charge in [-0.05, 0) is 24.3 Å².